The molecule has 0 atom stereocenters. The van der Waals surface area contributed by atoms with Gasteiger partial charge in [0.05, 0.1) is 18.4 Å². The van der Waals surface area contributed by atoms with Crippen LogP contribution in [0.25, 0.3) is 5.69 Å². The second-order valence-corrected chi connectivity index (χ2v) is 5.78. The average molecular weight is 320 g/mol. The molecule has 5 heteroatoms. The average Bonchev–Trinajstić information content (AvgIpc) is 3.06. The standard InChI is InChI=1S/C19H20N4O/c1-15-8-10-17(11-9-15)21-19(24)22(2)13-16-12-20-23(14-16)18-6-4-3-5-7-18/h3-12,14H,13H2,1-2H3,(H,21,24). The molecule has 5 nitrogen and oxygen atoms in total. The van der Waals surface area contributed by atoms with Crippen molar-refractivity contribution in [2.24, 2.45) is 0 Å². The fraction of sp³-hybridized carbons (Fsp3) is 0.158. The lowest BCUT2D eigenvalue weighted by Gasteiger charge is -2.17. The van der Waals surface area contributed by atoms with Gasteiger partial charge in [0.25, 0.3) is 0 Å². The lowest BCUT2D eigenvalue weighted by atomic mass is 10.2. The van der Waals surface area contributed by atoms with Crippen molar-refractivity contribution in [3.05, 3.63) is 78.1 Å². The molecule has 0 spiro atoms. The van der Waals surface area contributed by atoms with Crippen molar-refractivity contribution in [1.29, 1.82) is 0 Å². The molecule has 0 saturated heterocycles. The number of carbonyl (C=O) groups excluding carboxylic acids is 1. The van der Waals surface area contributed by atoms with Gasteiger partial charge in [-0.05, 0) is 31.2 Å². The third kappa shape index (κ3) is 3.81. The van der Waals surface area contributed by atoms with Crippen LogP contribution in [0.4, 0.5) is 10.5 Å². The summed E-state index contributed by atoms with van der Waals surface area (Å²) in [4.78, 5) is 13.9. The van der Waals surface area contributed by atoms with Gasteiger partial charge in [0.1, 0.15) is 0 Å². The number of anilines is 1. The van der Waals surface area contributed by atoms with E-state index >= 15 is 0 Å². The molecule has 0 radical (unpaired) electrons. The Labute approximate surface area is 141 Å². The molecule has 2 aromatic carbocycles. The molecule has 3 aromatic rings. The fourth-order valence-corrected chi connectivity index (χ4v) is 2.37. The van der Waals surface area contributed by atoms with Gasteiger partial charge in [-0.25, -0.2) is 9.48 Å². The van der Waals surface area contributed by atoms with Gasteiger partial charge in [-0.1, -0.05) is 35.9 Å². The van der Waals surface area contributed by atoms with E-state index in [0.29, 0.717) is 6.54 Å². The molecule has 1 N–H and O–H groups in total. The van der Waals surface area contributed by atoms with Gasteiger partial charge in [0.15, 0.2) is 0 Å². The zero-order valence-corrected chi connectivity index (χ0v) is 13.8. The molecule has 1 heterocycles. The quantitative estimate of drug-likeness (QED) is 0.794. The molecule has 1 aromatic heterocycles. The summed E-state index contributed by atoms with van der Waals surface area (Å²) in [5.41, 5.74) is 3.92. The van der Waals surface area contributed by atoms with Gasteiger partial charge >= 0.3 is 6.03 Å². The second kappa shape index (κ2) is 7.00. The fourth-order valence-electron chi connectivity index (χ4n) is 2.37. The van der Waals surface area contributed by atoms with E-state index in [1.807, 2.05) is 67.7 Å². The Morgan fingerprint density at radius 3 is 2.54 bits per heavy atom. The van der Waals surface area contributed by atoms with Crippen molar-refractivity contribution in [3.8, 4) is 5.69 Å². The van der Waals surface area contributed by atoms with Crippen LogP contribution < -0.4 is 5.32 Å². The minimum Gasteiger partial charge on any atom is -0.323 e. The van der Waals surface area contributed by atoms with E-state index in [4.69, 9.17) is 0 Å². The Balaban J connectivity index is 1.62. The van der Waals surface area contributed by atoms with Crippen LogP contribution in [-0.4, -0.2) is 27.8 Å². The number of carbonyl (C=O) groups is 1. The summed E-state index contributed by atoms with van der Waals surface area (Å²) >= 11 is 0. The maximum Gasteiger partial charge on any atom is 0.321 e. The molecule has 0 aliphatic carbocycles. The maximum absolute atomic E-state index is 12.3. The van der Waals surface area contributed by atoms with Gasteiger partial charge in [0.2, 0.25) is 0 Å². The summed E-state index contributed by atoms with van der Waals surface area (Å²) in [6.45, 7) is 2.51. The van der Waals surface area contributed by atoms with Crippen LogP contribution in [0.1, 0.15) is 11.1 Å². The number of aryl methyl sites for hydroxylation is 1. The van der Waals surface area contributed by atoms with Crippen LogP contribution in [0.5, 0.6) is 0 Å². The summed E-state index contributed by atoms with van der Waals surface area (Å²) in [5.74, 6) is 0. The van der Waals surface area contributed by atoms with Crippen molar-refractivity contribution in [1.82, 2.24) is 14.7 Å². The molecule has 0 saturated carbocycles. The highest BCUT2D eigenvalue weighted by molar-refractivity contribution is 5.89. The highest BCUT2D eigenvalue weighted by Crippen LogP contribution is 2.12. The third-order valence-corrected chi connectivity index (χ3v) is 3.73. The van der Waals surface area contributed by atoms with E-state index < -0.39 is 0 Å². The van der Waals surface area contributed by atoms with Crippen LogP contribution >= 0.6 is 0 Å². The highest BCUT2D eigenvalue weighted by Gasteiger charge is 2.11. The predicted molar refractivity (Wildman–Crippen MR) is 95.2 cm³/mol. The predicted octanol–water partition coefficient (Wildman–Crippen LogP) is 3.84. The number of nitrogens with one attached hydrogen (secondary N) is 1. The van der Waals surface area contributed by atoms with Crippen LogP contribution in [0.2, 0.25) is 0 Å². The zero-order chi connectivity index (χ0) is 16.9. The van der Waals surface area contributed by atoms with E-state index in [9.17, 15) is 4.79 Å². The molecule has 0 aliphatic heterocycles. The summed E-state index contributed by atoms with van der Waals surface area (Å²) in [5, 5.41) is 7.24. The van der Waals surface area contributed by atoms with E-state index in [1.165, 1.54) is 0 Å². The second-order valence-electron chi connectivity index (χ2n) is 5.78. The Bertz CT molecular complexity index is 809. The minimum absolute atomic E-state index is 0.147. The number of amides is 2. The van der Waals surface area contributed by atoms with E-state index in [0.717, 1.165) is 22.5 Å². The zero-order valence-electron chi connectivity index (χ0n) is 13.8. The Morgan fingerprint density at radius 1 is 1.12 bits per heavy atom. The van der Waals surface area contributed by atoms with Crippen LogP contribution in [0, 0.1) is 6.92 Å². The van der Waals surface area contributed by atoms with Gasteiger partial charge in [-0.2, -0.15) is 5.10 Å². The van der Waals surface area contributed by atoms with Crippen LogP contribution in [-0.2, 0) is 6.54 Å². The normalized spacial score (nSPS) is 10.4. The van der Waals surface area contributed by atoms with Gasteiger partial charge in [-0.3, -0.25) is 0 Å². The number of rotatable bonds is 4. The summed E-state index contributed by atoms with van der Waals surface area (Å²) in [6, 6.07) is 17.5. The highest BCUT2D eigenvalue weighted by atomic mass is 16.2. The molecule has 0 unspecified atom stereocenters. The van der Waals surface area contributed by atoms with Crippen molar-refractivity contribution in [2.75, 3.05) is 12.4 Å². The number of benzene rings is 2. The molecular formula is C19H20N4O. The minimum atomic E-state index is -0.147. The Hall–Kier alpha value is -3.08. The topological polar surface area (TPSA) is 50.2 Å². The molecule has 0 bridgehead atoms. The first-order chi connectivity index (χ1) is 11.6. The van der Waals surface area contributed by atoms with Crippen molar-refractivity contribution < 1.29 is 4.79 Å². The first kappa shape index (κ1) is 15.8. The SMILES string of the molecule is Cc1ccc(NC(=O)N(C)Cc2cnn(-c3ccccc3)c2)cc1. The number of hydrogen-bond donors (Lipinski definition) is 1. The van der Waals surface area contributed by atoms with Crippen molar-refractivity contribution in [2.45, 2.75) is 13.5 Å². The first-order valence-corrected chi connectivity index (χ1v) is 7.79. The van der Waals surface area contributed by atoms with E-state index in [-0.39, 0.29) is 6.03 Å². The number of urea groups is 1. The van der Waals surface area contributed by atoms with Crippen LogP contribution in [0.15, 0.2) is 67.0 Å². The number of hydrogen-bond acceptors (Lipinski definition) is 2. The molecule has 24 heavy (non-hydrogen) atoms. The third-order valence-electron chi connectivity index (χ3n) is 3.73. The monoisotopic (exact) mass is 320 g/mol. The number of para-hydroxylation sites is 1. The lowest BCUT2D eigenvalue weighted by molar-refractivity contribution is 0.220. The smallest absolute Gasteiger partial charge is 0.321 e. The molecule has 3 rings (SSSR count). The molecule has 0 fully saturated rings. The Kier molecular flexibility index (Phi) is 4.61. The van der Waals surface area contributed by atoms with E-state index in [2.05, 4.69) is 10.4 Å². The van der Waals surface area contributed by atoms with Crippen molar-refractivity contribution in [3.63, 3.8) is 0 Å². The first-order valence-electron chi connectivity index (χ1n) is 7.79. The number of aromatic nitrogens is 2. The Morgan fingerprint density at radius 2 is 1.83 bits per heavy atom. The van der Waals surface area contributed by atoms with Gasteiger partial charge in [0, 0.05) is 24.5 Å². The van der Waals surface area contributed by atoms with Gasteiger partial charge < -0.3 is 10.2 Å². The number of nitrogens with zero attached hydrogens (tertiary/aromatic N) is 3. The molecular weight excluding hydrogens is 300 g/mol. The molecule has 122 valence electrons. The van der Waals surface area contributed by atoms with E-state index in [1.54, 1.807) is 22.8 Å². The van der Waals surface area contributed by atoms with Crippen molar-refractivity contribution >= 4 is 11.7 Å². The lowest BCUT2D eigenvalue weighted by Crippen LogP contribution is -2.30. The molecule has 0 aliphatic rings. The van der Waals surface area contributed by atoms with Gasteiger partial charge in [-0.15, -0.1) is 0 Å². The summed E-state index contributed by atoms with van der Waals surface area (Å²) in [6.07, 6.45) is 3.72. The maximum atomic E-state index is 12.3. The van der Waals surface area contributed by atoms with Crippen LogP contribution in [0.3, 0.4) is 0 Å². The summed E-state index contributed by atoms with van der Waals surface area (Å²) in [7, 11) is 1.77. The molecule has 2 amide bonds. The summed E-state index contributed by atoms with van der Waals surface area (Å²) < 4.78 is 1.81. The largest absolute Gasteiger partial charge is 0.323 e.